The zero-order chi connectivity index (χ0) is 16.8. The van der Waals surface area contributed by atoms with Crippen molar-refractivity contribution in [3.63, 3.8) is 0 Å². The van der Waals surface area contributed by atoms with E-state index in [9.17, 15) is 5.21 Å². The van der Waals surface area contributed by atoms with Gasteiger partial charge in [-0.05, 0) is 29.7 Å². The molecule has 3 nitrogen and oxygen atoms in total. The van der Waals surface area contributed by atoms with E-state index in [4.69, 9.17) is 4.74 Å². The maximum Gasteiger partial charge on any atom is 0.216 e. The molecule has 24 heavy (non-hydrogen) atoms. The van der Waals surface area contributed by atoms with Crippen LogP contribution < -0.4 is 4.74 Å². The molecule has 0 saturated heterocycles. The average Bonchev–Trinajstić information content (AvgIpc) is 2.63. The average molecular weight is 317 g/mol. The summed E-state index contributed by atoms with van der Waals surface area (Å²) in [4.78, 5) is 0. The molecule has 3 aromatic rings. The van der Waals surface area contributed by atoms with Gasteiger partial charge < -0.3 is 9.94 Å². The van der Waals surface area contributed by atoms with Crippen molar-refractivity contribution in [2.24, 2.45) is 0 Å². The minimum atomic E-state index is 0.595. The van der Waals surface area contributed by atoms with Crippen LogP contribution in [0.15, 0.2) is 78.9 Å². The Bertz CT molecular complexity index is 824. The summed E-state index contributed by atoms with van der Waals surface area (Å²) in [5.74, 6) is 0.680. The Morgan fingerprint density at radius 2 is 1.46 bits per heavy atom. The van der Waals surface area contributed by atoms with Gasteiger partial charge in [-0.2, -0.15) is 4.74 Å². The predicted molar refractivity (Wildman–Crippen MR) is 97.1 cm³/mol. The SMILES string of the molecule is COc1ccccc1/C=[N+](\[O-])c1ccc(Cc2ccccc2)cc1. The second kappa shape index (κ2) is 7.47. The Hall–Kier alpha value is -3.07. The summed E-state index contributed by atoms with van der Waals surface area (Å²) >= 11 is 0. The van der Waals surface area contributed by atoms with Crippen molar-refractivity contribution in [1.29, 1.82) is 0 Å². The first-order valence-electron chi connectivity index (χ1n) is 7.83. The van der Waals surface area contributed by atoms with E-state index in [1.54, 1.807) is 7.11 Å². The van der Waals surface area contributed by atoms with Crippen LogP contribution in [0.5, 0.6) is 5.75 Å². The molecule has 0 aliphatic carbocycles. The highest BCUT2D eigenvalue weighted by Gasteiger charge is 2.06. The van der Waals surface area contributed by atoms with Gasteiger partial charge in [-0.3, -0.25) is 0 Å². The Kier molecular flexibility index (Phi) is 4.92. The lowest BCUT2D eigenvalue weighted by Gasteiger charge is -2.07. The maximum absolute atomic E-state index is 12.4. The van der Waals surface area contributed by atoms with Crippen LogP contribution in [-0.2, 0) is 6.42 Å². The Labute approximate surface area is 142 Å². The Morgan fingerprint density at radius 1 is 0.833 bits per heavy atom. The summed E-state index contributed by atoms with van der Waals surface area (Å²) < 4.78 is 6.14. The molecule has 0 N–H and O–H groups in total. The van der Waals surface area contributed by atoms with E-state index < -0.39 is 0 Å². The largest absolute Gasteiger partial charge is 0.618 e. The maximum atomic E-state index is 12.4. The molecule has 0 heterocycles. The highest BCUT2D eigenvalue weighted by Crippen LogP contribution is 2.18. The third kappa shape index (κ3) is 3.82. The number of hydrogen-bond acceptors (Lipinski definition) is 2. The molecule has 0 amide bonds. The molecule has 0 atom stereocenters. The van der Waals surface area contributed by atoms with Crippen LogP contribution in [0.25, 0.3) is 0 Å². The zero-order valence-electron chi connectivity index (χ0n) is 13.6. The van der Waals surface area contributed by atoms with E-state index in [0.29, 0.717) is 11.4 Å². The van der Waals surface area contributed by atoms with Gasteiger partial charge in [0.15, 0.2) is 6.21 Å². The van der Waals surface area contributed by atoms with E-state index in [1.807, 2.05) is 66.7 Å². The lowest BCUT2D eigenvalue weighted by atomic mass is 10.0. The third-order valence-electron chi connectivity index (χ3n) is 3.84. The minimum absolute atomic E-state index is 0.595. The normalized spacial score (nSPS) is 11.3. The van der Waals surface area contributed by atoms with Crippen LogP contribution in [0.4, 0.5) is 5.69 Å². The van der Waals surface area contributed by atoms with E-state index in [0.717, 1.165) is 16.7 Å². The van der Waals surface area contributed by atoms with Crippen molar-refractivity contribution >= 4 is 11.9 Å². The second-order valence-corrected chi connectivity index (χ2v) is 5.53. The number of nitrogens with zero attached hydrogens (tertiary/aromatic N) is 1. The minimum Gasteiger partial charge on any atom is -0.618 e. The third-order valence-corrected chi connectivity index (χ3v) is 3.84. The number of rotatable bonds is 5. The lowest BCUT2D eigenvalue weighted by Crippen LogP contribution is -2.01. The van der Waals surface area contributed by atoms with Gasteiger partial charge in [0, 0.05) is 12.1 Å². The summed E-state index contributed by atoms with van der Waals surface area (Å²) in [7, 11) is 1.60. The number of para-hydroxylation sites is 1. The summed E-state index contributed by atoms with van der Waals surface area (Å²) in [6, 6.07) is 25.4. The van der Waals surface area contributed by atoms with Gasteiger partial charge in [0.2, 0.25) is 5.69 Å². The van der Waals surface area contributed by atoms with Gasteiger partial charge in [0.05, 0.1) is 12.7 Å². The van der Waals surface area contributed by atoms with E-state index in [2.05, 4.69) is 12.1 Å². The number of hydrogen-bond donors (Lipinski definition) is 0. The molecule has 0 bridgehead atoms. The van der Waals surface area contributed by atoms with Gasteiger partial charge in [-0.1, -0.05) is 54.6 Å². The topological polar surface area (TPSA) is 35.3 Å². The fourth-order valence-electron chi connectivity index (χ4n) is 2.57. The van der Waals surface area contributed by atoms with Crippen LogP contribution in [-0.4, -0.2) is 18.1 Å². The van der Waals surface area contributed by atoms with Crippen LogP contribution in [0, 0.1) is 5.21 Å². The lowest BCUT2D eigenvalue weighted by molar-refractivity contribution is -0.354. The fourth-order valence-corrected chi connectivity index (χ4v) is 2.57. The van der Waals surface area contributed by atoms with Gasteiger partial charge in [0.1, 0.15) is 5.75 Å². The summed E-state index contributed by atoms with van der Waals surface area (Å²) in [6.45, 7) is 0. The van der Waals surface area contributed by atoms with Crippen molar-refractivity contribution in [2.45, 2.75) is 6.42 Å². The first kappa shape index (κ1) is 15.8. The fraction of sp³-hybridized carbons (Fsp3) is 0.0952. The molecular formula is C21H19NO2. The van der Waals surface area contributed by atoms with Crippen LogP contribution in [0.3, 0.4) is 0 Å². The molecular weight excluding hydrogens is 298 g/mol. The van der Waals surface area contributed by atoms with Crippen LogP contribution >= 0.6 is 0 Å². The highest BCUT2D eigenvalue weighted by atomic mass is 16.5. The molecule has 0 aromatic heterocycles. The first-order valence-corrected chi connectivity index (χ1v) is 7.83. The molecule has 3 rings (SSSR count). The van der Waals surface area contributed by atoms with Crippen molar-refractivity contribution in [3.8, 4) is 5.75 Å². The van der Waals surface area contributed by atoms with E-state index >= 15 is 0 Å². The van der Waals surface area contributed by atoms with Crippen molar-refractivity contribution in [1.82, 2.24) is 0 Å². The number of ether oxygens (including phenoxy) is 1. The first-order chi connectivity index (χ1) is 11.8. The van der Waals surface area contributed by atoms with Crippen LogP contribution in [0.2, 0.25) is 0 Å². The van der Waals surface area contributed by atoms with Gasteiger partial charge >= 0.3 is 0 Å². The molecule has 120 valence electrons. The molecule has 0 unspecified atom stereocenters. The molecule has 0 radical (unpaired) electrons. The van der Waals surface area contributed by atoms with Gasteiger partial charge in [-0.15, -0.1) is 0 Å². The number of benzene rings is 3. The zero-order valence-corrected chi connectivity index (χ0v) is 13.6. The smallest absolute Gasteiger partial charge is 0.216 e. The molecule has 3 heteroatoms. The molecule has 0 aliphatic heterocycles. The van der Waals surface area contributed by atoms with E-state index in [1.165, 1.54) is 17.3 Å². The number of methoxy groups -OCH3 is 1. The van der Waals surface area contributed by atoms with Crippen LogP contribution in [0.1, 0.15) is 16.7 Å². The summed E-state index contributed by atoms with van der Waals surface area (Å²) in [6.07, 6.45) is 2.39. The van der Waals surface area contributed by atoms with Crippen molar-refractivity contribution in [2.75, 3.05) is 7.11 Å². The quantitative estimate of drug-likeness (QED) is 0.299. The molecule has 0 fully saturated rings. The standard InChI is InChI=1S/C21H19NO2/c1-24-21-10-6-5-9-19(21)16-22(23)20-13-11-18(12-14-20)15-17-7-3-2-4-8-17/h2-14,16H,15H2,1H3/b22-16-. The summed E-state index contributed by atoms with van der Waals surface area (Å²) in [5, 5.41) is 12.4. The van der Waals surface area contributed by atoms with Gasteiger partial charge in [0.25, 0.3) is 0 Å². The molecule has 3 aromatic carbocycles. The van der Waals surface area contributed by atoms with Gasteiger partial charge in [-0.25, -0.2) is 0 Å². The Balaban J connectivity index is 1.78. The van der Waals surface area contributed by atoms with Crippen molar-refractivity contribution < 1.29 is 9.48 Å². The predicted octanol–water partition coefficient (Wildman–Crippen LogP) is 4.55. The van der Waals surface area contributed by atoms with E-state index in [-0.39, 0.29) is 0 Å². The second-order valence-electron chi connectivity index (χ2n) is 5.53. The molecule has 0 saturated carbocycles. The molecule has 0 spiro atoms. The Morgan fingerprint density at radius 3 is 2.17 bits per heavy atom. The van der Waals surface area contributed by atoms with Crippen molar-refractivity contribution in [3.05, 3.63) is 101 Å². The monoisotopic (exact) mass is 317 g/mol. The summed E-state index contributed by atoms with van der Waals surface area (Å²) in [5.41, 5.74) is 3.78. The molecule has 0 aliphatic rings. The highest BCUT2D eigenvalue weighted by molar-refractivity contribution is 5.80.